The molecule has 1 amide bonds. The number of nitrogens with one attached hydrogen (secondary N) is 1. The van der Waals surface area contributed by atoms with Gasteiger partial charge in [0, 0.05) is 45.5 Å². The molecular weight excluding hydrogens is 236 g/mol. The Hall–Kier alpha value is -1.89. The molecule has 1 saturated heterocycles. The van der Waals surface area contributed by atoms with E-state index in [4.69, 9.17) is 0 Å². The first-order valence-electron chi connectivity index (χ1n) is 5.84. The third kappa shape index (κ3) is 2.51. The molecule has 1 fully saturated rings. The number of carbonyl (C=O) groups excluding carboxylic acids is 1. The van der Waals surface area contributed by atoms with Crippen molar-refractivity contribution in [3.8, 4) is 0 Å². The van der Waals surface area contributed by atoms with Gasteiger partial charge >= 0.3 is 5.69 Å². The predicted molar refractivity (Wildman–Crippen MR) is 65.4 cm³/mol. The smallest absolute Gasteiger partial charge is 0.331 e. The number of carbonyl (C=O) groups is 1. The zero-order valence-corrected chi connectivity index (χ0v) is 10.3. The van der Waals surface area contributed by atoms with Crippen molar-refractivity contribution in [2.45, 2.75) is 6.54 Å². The lowest BCUT2D eigenvalue weighted by Gasteiger charge is -2.27. The van der Waals surface area contributed by atoms with E-state index in [1.54, 1.807) is 11.9 Å². The van der Waals surface area contributed by atoms with Gasteiger partial charge in [-0.3, -0.25) is 14.2 Å². The highest BCUT2D eigenvalue weighted by Gasteiger charge is 2.17. The Morgan fingerprint density at radius 2 is 2.00 bits per heavy atom. The molecule has 1 aromatic rings. The molecule has 7 heteroatoms. The minimum Gasteiger partial charge on any atom is -0.339 e. The molecule has 0 atom stereocenters. The average molecular weight is 252 g/mol. The normalized spacial score (nSPS) is 15.7. The average Bonchev–Trinajstić information content (AvgIpc) is 2.40. The second kappa shape index (κ2) is 5.18. The highest BCUT2D eigenvalue weighted by atomic mass is 16.2. The molecule has 18 heavy (non-hydrogen) atoms. The van der Waals surface area contributed by atoms with Crippen LogP contribution in [0.1, 0.15) is 0 Å². The standard InChI is InChI=1S/C11H16N4O3/c1-13-5-2-9(16)15(11(13)18)8-10(17)14-6-3-12-4-7-14/h2,5,12H,3-4,6-8H2,1H3. The lowest BCUT2D eigenvalue weighted by atomic mass is 10.3. The Labute approximate surface area is 104 Å². The molecule has 2 heterocycles. The van der Waals surface area contributed by atoms with E-state index < -0.39 is 11.2 Å². The van der Waals surface area contributed by atoms with Crippen molar-refractivity contribution >= 4 is 5.91 Å². The number of amides is 1. The minimum absolute atomic E-state index is 0.188. The van der Waals surface area contributed by atoms with E-state index in [0.29, 0.717) is 13.1 Å². The van der Waals surface area contributed by atoms with Crippen LogP contribution in [0.3, 0.4) is 0 Å². The van der Waals surface area contributed by atoms with E-state index >= 15 is 0 Å². The summed E-state index contributed by atoms with van der Waals surface area (Å²) in [6, 6.07) is 1.28. The van der Waals surface area contributed by atoms with Crippen LogP contribution in [0.4, 0.5) is 0 Å². The van der Waals surface area contributed by atoms with Gasteiger partial charge in [0.1, 0.15) is 6.54 Å². The van der Waals surface area contributed by atoms with Gasteiger partial charge in [-0.15, -0.1) is 0 Å². The Kier molecular flexibility index (Phi) is 3.61. The third-order valence-corrected chi connectivity index (χ3v) is 3.00. The molecule has 1 aliphatic heterocycles. The van der Waals surface area contributed by atoms with Crippen molar-refractivity contribution in [1.29, 1.82) is 0 Å². The molecule has 0 aromatic carbocycles. The summed E-state index contributed by atoms with van der Waals surface area (Å²) in [5.41, 5.74) is -0.910. The second-order valence-electron chi connectivity index (χ2n) is 4.26. The molecule has 0 aliphatic carbocycles. The van der Waals surface area contributed by atoms with Gasteiger partial charge in [-0.05, 0) is 0 Å². The molecule has 1 aromatic heterocycles. The number of aromatic nitrogens is 2. The van der Waals surface area contributed by atoms with Crippen LogP contribution in [0.5, 0.6) is 0 Å². The SMILES string of the molecule is Cn1ccc(=O)n(CC(=O)N2CCNCC2)c1=O. The maximum absolute atomic E-state index is 12.0. The fourth-order valence-electron chi connectivity index (χ4n) is 1.91. The van der Waals surface area contributed by atoms with Crippen LogP contribution >= 0.6 is 0 Å². The summed E-state index contributed by atoms with van der Waals surface area (Å²) >= 11 is 0. The van der Waals surface area contributed by atoms with Crippen molar-refractivity contribution in [3.63, 3.8) is 0 Å². The van der Waals surface area contributed by atoms with Gasteiger partial charge in [-0.1, -0.05) is 0 Å². The lowest BCUT2D eigenvalue weighted by Crippen LogP contribution is -2.49. The summed E-state index contributed by atoms with van der Waals surface area (Å²) in [5.74, 6) is -0.193. The van der Waals surface area contributed by atoms with E-state index in [1.165, 1.54) is 16.8 Å². The van der Waals surface area contributed by atoms with Gasteiger partial charge in [0.2, 0.25) is 5.91 Å². The largest absolute Gasteiger partial charge is 0.339 e. The summed E-state index contributed by atoms with van der Waals surface area (Å²) in [5, 5.41) is 3.14. The van der Waals surface area contributed by atoms with Crippen LogP contribution in [-0.4, -0.2) is 46.1 Å². The molecule has 1 N–H and O–H groups in total. The summed E-state index contributed by atoms with van der Waals surface area (Å²) in [6.07, 6.45) is 1.40. The van der Waals surface area contributed by atoms with Crippen LogP contribution < -0.4 is 16.6 Å². The molecule has 0 radical (unpaired) electrons. The summed E-state index contributed by atoms with van der Waals surface area (Å²) in [7, 11) is 1.55. The first-order valence-corrected chi connectivity index (χ1v) is 5.84. The first kappa shape index (κ1) is 12.6. The fraction of sp³-hybridized carbons (Fsp3) is 0.545. The van der Waals surface area contributed by atoms with Crippen LogP contribution in [0.15, 0.2) is 21.9 Å². The summed E-state index contributed by atoms with van der Waals surface area (Å²) < 4.78 is 2.25. The molecular formula is C11H16N4O3. The van der Waals surface area contributed by atoms with Crippen LogP contribution in [0.2, 0.25) is 0 Å². The molecule has 0 unspecified atom stereocenters. The maximum atomic E-state index is 12.0. The fourth-order valence-corrected chi connectivity index (χ4v) is 1.91. The highest BCUT2D eigenvalue weighted by Crippen LogP contribution is 1.94. The van der Waals surface area contributed by atoms with Gasteiger partial charge in [0.05, 0.1) is 0 Å². The van der Waals surface area contributed by atoms with Gasteiger partial charge in [-0.25, -0.2) is 4.79 Å². The van der Waals surface area contributed by atoms with E-state index in [2.05, 4.69) is 5.32 Å². The van der Waals surface area contributed by atoms with E-state index in [1.807, 2.05) is 0 Å². The van der Waals surface area contributed by atoms with Gasteiger partial charge < -0.3 is 14.8 Å². The molecule has 1 aliphatic rings. The Morgan fingerprint density at radius 1 is 1.33 bits per heavy atom. The second-order valence-corrected chi connectivity index (χ2v) is 4.26. The van der Waals surface area contributed by atoms with Crippen LogP contribution in [-0.2, 0) is 18.4 Å². The van der Waals surface area contributed by atoms with E-state index in [9.17, 15) is 14.4 Å². The lowest BCUT2D eigenvalue weighted by molar-refractivity contribution is -0.132. The molecule has 0 bridgehead atoms. The zero-order valence-electron chi connectivity index (χ0n) is 10.3. The topological polar surface area (TPSA) is 76.3 Å². The maximum Gasteiger partial charge on any atom is 0.331 e. The highest BCUT2D eigenvalue weighted by molar-refractivity contribution is 5.76. The Morgan fingerprint density at radius 3 is 2.67 bits per heavy atom. The van der Waals surface area contributed by atoms with E-state index in [-0.39, 0.29) is 12.5 Å². The zero-order chi connectivity index (χ0) is 13.1. The number of nitrogens with zero attached hydrogens (tertiary/aromatic N) is 3. The molecule has 0 saturated carbocycles. The first-order chi connectivity index (χ1) is 8.59. The number of aryl methyl sites for hydroxylation is 1. The van der Waals surface area contributed by atoms with Crippen molar-refractivity contribution in [1.82, 2.24) is 19.4 Å². The van der Waals surface area contributed by atoms with Crippen molar-refractivity contribution in [2.24, 2.45) is 7.05 Å². The quantitative estimate of drug-likeness (QED) is 0.659. The van der Waals surface area contributed by atoms with Gasteiger partial charge in [-0.2, -0.15) is 0 Å². The predicted octanol–water partition coefficient (Wildman–Crippen LogP) is -2.02. The van der Waals surface area contributed by atoms with Crippen LogP contribution in [0, 0.1) is 0 Å². The number of piperazine rings is 1. The summed E-state index contributed by atoms with van der Waals surface area (Å²) in [4.78, 5) is 37.0. The molecule has 2 rings (SSSR count). The molecule has 98 valence electrons. The number of hydrogen-bond donors (Lipinski definition) is 1. The minimum atomic E-state index is -0.467. The van der Waals surface area contributed by atoms with Crippen molar-refractivity contribution in [3.05, 3.63) is 33.1 Å². The van der Waals surface area contributed by atoms with Crippen molar-refractivity contribution < 1.29 is 4.79 Å². The molecule has 7 nitrogen and oxygen atoms in total. The van der Waals surface area contributed by atoms with Gasteiger partial charge in [0.15, 0.2) is 0 Å². The molecule has 0 spiro atoms. The Bertz CT molecular complexity index is 554. The van der Waals surface area contributed by atoms with Crippen LogP contribution in [0.25, 0.3) is 0 Å². The van der Waals surface area contributed by atoms with Crippen molar-refractivity contribution in [2.75, 3.05) is 26.2 Å². The monoisotopic (exact) mass is 252 g/mol. The van der Waals surface area contributed by atoms with E-state index in [0.717, 1.165) is 17.7 Å². The summed E-state index contributed by atoms with van der Waals surface area (Å²) in [6.45, 7) is 2.52. The Balaban J connectivity index is 2.19. The number of hydrogen-bond acceptors (Lipinski definition) is 4. The number of rotatable bonds is 2. The van der Waals surface area contributed by atoms with Gasteiger partial charge in [0.25, 0.3) is 5.56 Å². The third-order valence-electron chi connectivity index (χ3n) is 3.00.